The number of aromatic nitrogens is 1. The van der Waals surface area contributed by atoms with Gasteiger partial charge in [0, 0.05) is 108 Å². The van der Waals surface area contributed by atoms with Crippen molar-refractivity contribution in [1.82, 2.24) is 20.1 Å². The van der Waals surface area contributed by atoms with E-state index in [-0.39, 0.29) is 134 Å². The van der Waals surface area contributed by atoms with Crippen molar-refractivity contribution in [3.05, 3.63) is 449 Å². The first-order chi connectivity index (χ1) is 67.3. The molecule has 141 heavy (non-hydrogen) atoms. The van der Waals surface area contributed by atoms with Crippen LogP contribution in [0.3, 0.4) is 0 Å². The molecule has 0 fully saturated rings. The number of halogens is 1. The number of amides is 5. The van der Waals surface area contributed by atoms with Gasteiger partial charge in [0.1, 0.15) is 16.7 Å². The number of carbonyl (C=O) groups excluding carboxylic acids is 10. The highest BCUT2D eigenvalue weighted by Gasteiger charge is 2.50. The van der Waals surface area contributed by atoms with E-state index in [9.17, 15) is 109 Å². The molecule has 0 spiro atoms. The van der Waals surface area contributed by atoms with Gasteiger partial charge in [0.25, 0.3) is 63.3 Å². The molecular weight excluding hydrogens is 1840 g/mol. The third-order valence-corrected chi connectivity index (χ3v) is 22.0. The van der Waals surface area contributed by atoms with Crippen molar-refractivity contribution in [3.8, 4) is 34.4 Å². The lowest BCUT2D eigenvalue weighted by atomic mass is 9.98. The standard InChI is InChI=1S/C25H17N3O4.C20H16N2O6.C19H12N2O5.C18H10N2O5.C13H13NO3.C7H4ClNO3.CH4/c1-26-22(16-8-4-2-5-9-16)20-21(24(26)29)23(17-12-14-19(15-13-17)28(31)32)27(25(20)30)18-10-6-3-7-11-18;1-2-28-20(25)15-16(18(23)13-8-10-14(11-9-13)22(26)27)19(24)21-17(15)12-6-4-3-5-7-12;1-20-16(11-5-3-2-4-6-11)14-15(18(20)22)17(26-19(14)23)12-7-9-13(10-8-12)21(24)25;21-17-14-13(15(19-17)10-4-2-1-3-5-10)18(22)25-16(14)11-6-8-12(9-7-11)20(23)24;1-2-17-13(16)10-8-11(15)14-12(10)9-6-4-3-5-7-9;8-7(10)5-1-3-6(4-2-5)9(11)12;/h2-15H,1H3;3-11,21,24H,2H2,1H3;2-10H,1H3;1-9,22H;3-7H,2,8H2,1H3,(H,14,15);1-4H;1H4. The molecule has 0 saturated carbocycles. The minimum atomic E-state index is -0.761. The summed E-state index contributed by atoms with van der Waals surface area (Å²) in [5.74, 6) is -4.72. The summed E-state index contributed by atoms with van der Waals surface area (Å²) in [4.78, 5) is 186. The lowest BCUT2D eigenvalue weighted by Gasteiger charge is -2.23. The topological polar surface area (TPSA) is 518 Å². The third kappa shape index (κ3) is 20.9. The monoisotopic (exact) mass is 1920 g/mol. The fourth-order valence-corrected chi connectivity index (χ4v) is 15.5. The zero-order valence-corrected chi connectivity index (χ0v) is 74.3. The average Bonchev–Trinajstić information content (AvgIpc) is 1.57. The van der Waals surface area contributed by atoms with Crippen molar-refractivity contribution in [1.29, 1.82) is 0 Å². The Labute approximate surface area is 803 Å². The van der Waals surface area contributed by atoms with Gasteiger partial charge in [-0.05, 0) is 126 Å². The first kappa shape index (κ1) is 99.0. The van der Waals surface area contributed by atoms with E-state index >= 15 is 0 Å². The molecular formula is C103H76ClN11O26. The smallest absolute Gasteiger partial charge is 0.346 e. The third-order valence-electron chi connectivity index (χ3n) is 21.8. The molecule has 6 aliphatic heterocycles. The molecule has 5 amide bonds. The van der Waals surface area contributed by atoms with Crippen LogP contribution in [0.15, 0.2) is 341 Å². The molecule has 37 nitrogen and oxygen atoms in total. The number of aliphatic imine (C=N–C) groups is 1. The molecule has 0 atom stereocenters. The number of furan rings is 1. The number of non-ortho nitro benzene ring substituents is 5. The molecule has 8 heterocycles. The van der Waals surface area contributed by atoms with E-state index in [1.54, 1.807) is 107 Å². The van der Waals surface area contributed by atoms with Crippen molar-refractivity contribution in [2.24, 2.45) is 4.99 Å². The van der Waals surface area contributed by atoms with Crippen molar-refractivity contribution >= 4 is 138 Å². The summed E-state index contributed by atoms with van der Waals surface area (Å²) in [6.45, 7) is 3.76. The number of likely N-dealkylation sites (N-methyl/N-ethyl adjacent to an activating group) is 2. The number of H-pyrrole nitrogens is 1. The molecule has 0 saturated heterocycles. The lowest BCUT2D eigenvalue weighted by molar-refractivity contribution is -0.385. The molecule has 0 radical (unpaired) electrons. The van der Waals surface area contributed by atoms with Gasteiger partial charge in [-0.1, -0.05) is 177 Å². The summed E-state index contributed by atoms with van der Waals surface area (Å²) >= 11 is 5.13. The van der Waals surface area contributed by atoms with Crippen molar-refractivity contribution < 1.29 is 101 Å². The number of nitrogens with zero attached hydrogens (tertiary/aromatic N) is 9. The number of anilines is 1. The summed E-state index contributed by atoms with van der Waals surface area (Å²) in [5.41, 5.74) is 9.64. The Morgan fingerprint density at radius 2 is 0.816 bits per heavy atom. The molecule has 0 bridgehead atoms. The number of nitro groups is 5. The fourth-order valence-electron chi connectivity index (χ4n) is 15.4. The van der Waals surface area contributed by atoms with Gasteiger partial charge in [0.05, 0.1) is 112 Å². The van der Waals surface area contributed by atoms with Gasteiger partial charge in [-0.15, -0.1) is 0 Å². The second-order valence-corrected chi connectivity index (χ2v) is 30.6. The van der Waals surface area contributed by atoms with Crippen LogP contribution in [0.2, 0.25) is 0 Å². The number of hydrogen-bond acceptors (Lipinski definition) is 26. The average molecular weight is 1920 g/mol. The van der Waals surface area contributed by atoms with Gasteiger partial charge in [0.2, 0.25) is 11.8 Å². The molecule has 11 aromatic carbocycles. The minimum Gasteiger partial charge on any atom is -0.494 e. The Balaban J connectivity index is 0.000000145. The largest absolute Gasteiger partial charge is 0.494 e. The number of cyclic esters (lactones) is 1. The number of benzene rings is 11. The van der Waals surface area contributed by atoms with Crippen LogP contribution in [0.5, 0.6) is 11.8 Å². The van der Waals surface area contributed by atoms with Crippen LogP contribution in [0.25, 0.3) is 51.1 Å². The van der Waals surface area contributed by atoms with Gasteiger partial charge in [-0.2, -0.15) is 0 Å². The Hall–Kier alpha value is -19.5. The highest BCUT2D eigenvalue weighted by molar-refractivity contribution is 6.67. The number of carbonyl (C=O) groups is 10. The quantitative estimate of drug-likeness (QED) is 0.0130. The Morgan fingerprint density at radius 1 is 0.433 bits per heavy atom. The summed E-state index contributed by atoms with van der Waals surface area (Å²) in [5, 5.41) is 76.3. The summed E-state index contributed by atoms with van der Waals surface area (Å²) in [7, 11) is 3.25. The lowest BCUT2D eigenvalue weighted by Crippen LogP contribution is -2.28. The molecule has 706 valence electrons. The number of ether oxygens (including phenoxy) is 3. The number of fused-ring (bicyclic) bond motifs is 3. The maximum Gasteiger partial charge on any atom is 0.346 e. The molecule has 4 N–H and O–H groups in total. The van der Waals surface area contributed by atoms with Crippen LogP contribution in [-0.2, 0) is 43.0 Å². The number of rotatable bonds is 21. The number of esters is 3. The van der Waals surface area contributed by atoms with E-state index in [0.29, 0.717) is 85.3 Å². The number of aromatic amines is 1. The summed E-state index contributed by atoms with van der Waals surface area (Å²) < 4.78 is 20.7. The maximum atomic E-state index is 13.8. The van der Waals surface area contributed by atoms with Gasteiger partial charge >= 0.3 is 17.9 Å². The second-order valence-electron chi connectivity index (χ2n) is 30.3. The molecule has 13 aromatic rings. The Bertz CT molecular complexity index is 7380. The van der Waals surface area contributed by atoms with Gasteiger partial charge in [-0.25, -0.2) is 19.4 Å². The summed E-state index contributed by atoms with van der Waals surface area (Å²) in [6.07, 6.45) is 0.0864. The SMILES string of the molecule is C.CCOC(=O)C1=C(c2ccccc2)NC(=O)C1.CCOC(=O)c1c(-c2ccccc2)[nH]c(O)c1C(=O)c1ccc([N+](=O)[O-])cc1.CN1C(=O)C2=C(c3ccc([N+](=O)[O-])cc3)N(c3ccccc3)C(=O)C2=C1c1ccccc1.CN1C(=O)C2=C(c3ccc([N+](=O)[O-])cc3)OC(=O)C2=C1c1ccccc1.O=C(Cl)c1ccc([N+](=O)[O-])cc1.O=C1N=C(c2ccccc2)c2c(O)oc(-c3ccc([N+](=O)[O-])cc3)c21. The van der Waals surface area contributed by atoms with Gasteiger partial charge < -0.3 is 48.9 Å². The molecule has 38 heteroatoms. The zero-order chi connectivity index (χ0) is 100. The number of aromatic hydroxyl groups is 2. The van der Waals surface area contributed by atoms with E-state index in [4.69, 9.17) is 30.2 Å². The van der Waals surface area contributed by atoms with E-state index in [1.165, 1.54) is 124 Å². The van der Waals surface area contributed by atoms with Crippen LogP contribution >= 0.6 is 11.6 Å². The number of nitrogens with one attached hydrogen (secondary N) is 2. The number of hydrogen-bond donors (Lipinski definition) is 4. The normalized spacial score (nSPS) is 13.5. The molecule has 2 aromatic heterocycles. The molecule has 6 aliphatic rings. The van der Waals surface area contributed by atoms with Gasteiger partial charge in [0.15, 0.2) is 17.3 Å². The zero-order valence-electron chi connectivity index (χ0n) is 73.6. The first-order valence-electron chi connectivity index (χ1n) is 42.0. The van der Waals surface area contributed by atoms with E-state index in [2.05, 4.69) is 15.3 Å². The molecule has 0 unspecified atom stereocenters. The highest BCUT2D eigenvalue weighted by atomic mass is 35.5. The maximum absolute atomic E-state index is 13.8. The van der Waals surface area contributed by atoms with Crippen LogP contribution in [0.4, 0.5) is 34.1 Å². The van der Waals surface area contributed by atoms with Crippen molar-refractivity contribution in [2.75, 3.05) is 32.2 Å². The van der Waals surface area contributed by atoms with E-state index < -0.39 is 71.3 Å². The van der Waals surface area contributed by atoms with E-state index in [0.717, 1.165) is 16.7 Å². The molecule has 0 aliphatic carbocycles. The molecule has 19 rings (SSSR count). The van der Waals surface area contributed by atoms with Crippen molar-refractivity contribution in [3.63, 3.8) is 0 Å². The number of ketones is 1. The summed E-state index contributed by atoms with van der Waals surface area (Å²) in [6, 6.07) is 81.4. The Morgan fingerprint density at radius 3 is 1.27 bits per heavy atom. The predicted molar refractivity (Wildman–Crippen MR) is 514 cm³/mol. The predicted octanol–water partition coefficient (Wildman–Crippen LogP) is 18.3. The van der Waals surface area contributed by atoms with E-state index in [1.807, 2.05) is 115 Å². The van der Waals surface area contributed by atoms with Crippen LogP contribution in [-0.4, -0.2) is 141 Å². The minimum absolute atomic E-state index is 0. The Kier molecular flexibility index (Phi) is 30.4. The number of nitro benzene ring substituents is 5. The van der Waals surface area contributed by atoms with Crippen molar-refractivity contribution in [2.45, 2.75) is 27.7 Å². The highest BCUT2D eigenvalue weighted by Crippen LogP contribution is 2.50. The second kappa shape index (κ2) is 43.3. The van der Waals surface area contributed by atoms with Crippen LogP contribution in [0.1, 0.15) is 114 Å². The van der Waals surface area contributed by atoms with Gasteiger partial charge in [-0.3, -0.25) is 89.0 Å². The first-order valence-corrected chi connectivity index (χ1v) is 42.4. The number of para-hydroxylation sites is 1. The fraction of sp³-hybridized carbons (Fsp3) is 0.0777. The van der Waals surface area contributed by atoms with Crippen LogP contribution in [0, 0.1) is 50.6 Å². The van der Waals surface area contributed by atoms with Crippen LogP contribution < -0.4 is 10.2 Å².